The van der Waals surface area contributed by atoms with Crippen molar-refractivity contribution in [2.24, 2.45) is 16.6 Å². The largest absolute Gasteiger partial charge is 0.370 e. The summed E-state index contributed by atoms with van der Waals surface area (Å²) in [4.78, 5) is 4.21. The lowest BCUT2D eigenvalue weighted by molar-refractivity contribution is 0.595. The number of guanidine groups is 1. The molecule has 0 atom stereocenters. The molecule has 0 aliphatic rings. The van der Waals surface area contributed by atoms with Gasteiger partial charge < -0.3 is 11.1 Å². The van der Waals surface area contributed by atoms with E-state index in [-0.39, 0.29) is 29.8 Å². The molecule has 0 aliphatic heterocycles. The van der Waals surface area contributed by atoms with Crippen molar-refractivity contribution in [1.82, 2.24) is 5.32 Å². The van der Waals surface area contributed by atoms with E-state index in [1.54, 1.807) is 12.1 Å². The summed E-state index contributed by atoms with van der Waals surface area (Å²) in [6.45, 7) is 5.63. The Hall–Kier alpha value is -0.850. The average Bonchev–Trinajstić information content (AvgIpc) is 2.31. The predicted molar refractivity (Wildman–Crippen MR) is 89.5 cm³/mol. The van der Waals surface area contributed by atoms with Crippen LogP contribution < -0.4 is 11.1 Å². The Morgan fingerprint density at radius 1 is 1.37 bits per heavy atom. The van der Waals surface area contributed by atoms with Gasteiger partial charge in [-0.3, -0.25) is 4.99 Å². The first-order chi connectivity index (χ1) is 8.59. The van der Waals surface area contributed by atoms with Crippen molar-refractivity contribution in [3.63, 3.8) is 0 Å². The third-order valence-corrected chi connectivity index (χ3v) is 2.65. The summed E-state index contributed by atoms with van der Waals surface area (Å²) in [6.07, 6.45) is 1.63. The van der Waals surface area contributed by atoms with Crippen molar-refractivity contribution in [3.8, 4) is 0 Å². The first kappa shape index (κ1) is 18.1. The summed E-state index contributed by atoms with van der Waals surface area (Å²) in [6, 6.07) is 6.77. The molecule has 0 unspecified atom stereocenters. The molecule has 0 spiro atoms. The van der Waals surface area contributed by atoms with Crippen LogP contribution in [0, 0.1) is 11.7 Å². The molecule has 0 radical (unpaired) electrons. The standard InChI is InChI=1S/C14H22FN3.HI/c1-11(2)7-9-17-14(16)18-10-8-12-5-3-4-6-13(12)15;/h3-6,11H,7-10H2,1-2H3,(H3,16,17,18);1H. The molecule has 0 saturated carbocycles. The highest BCUT2D eigenvalue weighted by Crippen LogP contribution is 2.06. The van der Waals surface area contributed by atoms with Gasteiger partial charge in [0.15, 0.2) is 5.96 Å². The zero-order chi connectivity index (χ0) is 13.4. The first-order valence-electron chi connectivity index (χ1n) is 6.36. The van der Waals surface area contributed by atoms with E-state index in [0.717, 1.165) is 13.0 Å². The minimum absolute atomic E-state index is 0. The fourth-order valence-corrected chi connectivity index (χ4v) is 1.53. The Balaban J connectivity index is 0.00000324. The highest BCUT2D eigenvalue weighted by molar-refractivity contribution is 14.0. The van der Waals surface area contributed by atoms with Crippen LogP contribution >= 0.6 is 24.0 Å². The van der Waals surface area contributed by atoms with Crippen LogP contribution in [0.15, 0.2) is 29.3 Å². The predicted octanol–water partition coefficient (Wildman–Crippen LogP) is 2.94. The molecule has 19 heavy (non-hydrogen) atoms. The van der Waals surface area contributed by atoms with Crippen molar-refractivity contribution in [2.45, 2.75) is 26.7 Å². The van der Waals surface area contributed by atoms with Gasteiger partial charge in [0.2, 0.25) is 0 Å². The normalized spacial score (nSPS) is 11.3. The molecule has 3 N–H and O–H groups in total. The highest BCUT2D eigenvalue weighted by Gasteiger charge is 2.00. The second kappa shape index (κ2) is 10.00. The number of rotatable bonds is 6. The Kier molecular flexibility index (Phi) is 9.55. The number of nitrogens with zero attached hydrogens (tertiary/aromatic N) is 1. The van der Waals surface area contributed by atoms with Gasteiger partial charge in [0.1, 0.15) is 5.82 Å². The number of benzene rings is 1. The zero-order valence-corrected chi connectivity index (χ0v) is 13.9. The number of hydrogen-bond acceptors (Lipinski definition) is 1. The molecule has 0 fully saturated rings. The fourth-order valence-electron chi connectivity index (χ4n) is 1.53. The van der Waals surface area contributed by atoms with E-state index >= 15 is 0 Å². The lowest BCUT2D eigenvalue weighted by Gasteiger charge is -2.07. The van der Waals surface area contributed by atoms with Gasteiger partial charge in [0, 0.05) is 13.1 Å². The molecular formula is C14H23FIN3. The van der Waals surface area contributed by atoms with Crippen LogP contribution in [0.5, 0.6) is 0 Å². The van der Waals surface area contributed by atoms with Crippen LogP contribution in [0.4, 0.5) is 4.39 Å². The molecule has 0 amide bonds. The Morgan fingerprint density at radius 2 is 2.05 bits per heavy atom. The quantitative estimate of drug-likeness (QED) is 0.454. The van der Waals surface area contributed by atoms with Crippen molar-refractivity contribution >= 4 is 29.9 Å². The van der Waals surface area contributed by atoms with Crippen LogP contribution in [0.1, 0.15) is 25.8 Å². The van der Waals surface area contributed by atoms with Crippen LogP contribution in [-0.4, -0.2) is 19.0 Å². The molecule has 0 aliphatic carbocycles. The maximum Gasteiger partial charge on any atom is 0.188 e. The molecule has 0 bridgehead atoms. The van der Waals surface area contributed by atoms with E-state index in [4.69, 9.17) is 5.73 Å². The van der Waals surface area contributed by atoms with Crippen LogP contribution in [0.3, 0.4) is 0 Å². The number of nitrogens with two attached hydrogens (primary N) is 1. The SMILES string of the molecule is CC(C)CCN=C(N)NCCc1ccccc1F.I. The van der Waals surface area contributed by atoms with E-state index < -0.39 is 0 Å². The molecule has 1 rings (SSSR count). The topological polar surface area (TPSA) is 50.4 Å². The van der Waals surface area contributed by atoms with Gasteiger partial charge in [-0.15, -0.1) is 24.0 Å². The van der Waals surface area contributed by atoms with Gasteiger partial charge in [0.25, 0.3) is 0 Å². The summed E-state index contributed by atoms with van der Waals surface area (Å²) in [7, 11) is 0. The van der Waals surface area contributed by atoms with E-state index in [1.165, 1.54) is 6.07 Å². The lowest BCUT2D eigenvalue weighted by atomic mass is 10.1. The molecule has 0 saturated heterocycles. The van der Waals surface area contributed by atoms with Gasteiger partial charge >= 0.3 is 0 Å². The molecule has 108 valence electrons. The van der Waals surface area contributed by atoms with Gasteiger partial charge in [-0.05, 0) is 30.4 Å². The minimum Gasteiger partial charge on any atom is -0.370 e. The van der Waals surface area contributed by atoms with Crippen molar-refractivity contribution in [3.05, 3.63) is 35.6 Å². The van der Waals surface area contributed by atoms with Crippen LogP contribution in [0.2, 0.25) is 0 Å². The summed E-state index contributed by atoms with van der Waals surface area (Å²) < 4.78 is 13.3. The molecule has 0 aromatic heterocycles. The van der Waals surface area contributed by atoms with Crippen LogP contribution in [0.25, 0.3) is 0 Å². The van der Waals surface area contributed by atoms with Gasteiger partial charge in [-0.1, -0.05) is 32.0 Å². The van der Waals surface area contributed by atoms with Crippen molar-refractivity contribution in [2.75, 3.05) is 13.1 Å². The molecule has 3 nitrogen and oxygen atoms in total. The first-order valence-corrected chi connectivity index (χ1v) is 6.36. The molecule has 1 aromatic carbocycles. The number of aliphatic imine (C=N–C) groups is 1. The van der Waals surface area contributed by atoms with Crippen molar-refractivity contribution in [1.29, 1.82) is 0 Å². The molecule has 0 heterocycles. The fraction of sp³-hybridized carbons (Fsp3) is 0.500. The summed E-state index contributed by atoms with van der Waals surface area (Å²) in [5.41, 5.74) is 6.40. The van der Waals surface area contributed by atoms with Gasteiger partial charge in [-0.25, -0.2) is 4.39 Å². The Labute approximate surface area is 131 Å². The third kappa shape index (κ3) is 8.02. The van der Waals surface area contributed by atoms with E-state index in [2.05, 4.69) is 24.2 Å². The lowest BCUT2D eigenvalue weighted by Crippen LogP contribution is -2.33. The second-order valence-corrected chi connectivity index (χ2v) is 4.72. The van der Waals surface area contributed by atoms with E-state index in [0.29, 0.717) is 30.4 Å². The smallest absolute Gasteiger partial charge is 0.188 e. The monoisotopic (exact) mass is 379 g/mol. The molecular weight excluding hydrogens is 356 g/mol. The van der Waals surface area contributed by atoms with Crippen molar-refractivity contribution < 1.29 is 4.39 Å². The second-order valence-electron chi connectivity index (χ2n) is 4.72. The highest BCUT2D eigenvalue weighted by atomic mass is 127. The number of nitrogens with one attached hydrogen (secondary N) is 1. The molecule has 1 aromatic rings. The number of hydrogen-bond donors (Lipinski definition) is 2. The van der Waals surface area contributed by atoms with E-state index in [1.807, 2.05) is 6.07 Å². The maximum atomic E-state index is 13.3. The third-order valence-electron chi connectivity index (χ3n) is 2.65. The number of halogens is 2. The summed E-state index contributed by atoms with van der Waals surface area (Å²) in [5.74, 6) is 0.890. The van der Waals surface area contributed by atoms with E-state index in [9.17, 15) is 4.39 Å². The average molecular weight is 379 g/mol. The van der Waals surface area contributed by atoms with Crippen LogP contribution in [-0.2, 0) is 6.42 Å². The Morgan fingerprint density at radius 3 is 2.68 bits per heavy atom. The Bertz CT molecular complexity index is 394. The zero-order valence-electron chi connectivity index (χ0n) is 11.5. The van der Waals surface area contributed by atoms with Gasteiger partial charge in [-0.2, -0.15) is 0 Å². The van der Waals surface area contributed by atoms with Gasteiger partial charge in [0.05, 0.1) is 0 Å². The summed E-state index contributed by atoms with van der Waals surface area (Å²) >= 11 is 0. The maximum absolute atomic E-state index is 13.3. The summed E-state index contributed by atoms with van der Waals surface area (Å²) in [5, 5.41) is 2.99. The molecule has 5 heteroatoms. The minimum atomic E-state index is -0.172.